The molecule has 1 saturated carbocycles. The van der Waals surface area contributed by atoms with Crippen molar-refractivity contribution in [2.45, 2.75) is 25.7 Å². The smallest absolute Gasteiger partial charge is 0.238 e. The van der Waals surface area contributed by atoms with Crippen LogP contribution in [0.1, 0.15) is 25.7 Å². The number of hydrogen-bond donors (Lipinski definition) is 3. The molecule has 0 aromatic heterocycles. The number of para-hydroxylation sites is 1. The summed E-state index contributed by atoms with van der Waals surface area (Å²) >= 11 is 12.1. The zero-order valence-electron chi connectivity index (χ0n) is 10.7. The van der Waals surface area contributed by atoms with E-state index in [0.29, 0.717) is 28.6 Å². The molecule has 0 bridgehead atoms. The summed E-state index contributed by atoms with van der Waals surface area (Å²) in [5.74, 6) is -0.420. The van der Waals surface area contributed by atoms with E-state index in [-0.39, 0.29) is 11.7 Å². The monoisotopic (exact) mass is 315 g/mol. The minimum atomic E-state index is -0.989. The number of carbonyl (C=O) groups excluding carboxylic acids is 1. The van der Waals surface area contributed by atoms with Crippen molar-refractivity contribution in [2.75, 3.05) is 5.32 Å². The largest absolute Gasteiger partial charge is 0.409 e. The predicted octanol–water partition coefficient (Wildman–Crippen LogP) is 3.24. The summed E-state index contributed by atoms with van der Waals surface area (Å²) in [6.45, 7) is 0. The van der Waals surface area contributed by atoms with Gasteiger partial charge in [0.15, 0.2) is 5.84 Å². The molecule has 0 unspecified atom stereocenters. The molecule has 5 nitrogen and oxygen atoms in total. The second-order valence-electron chi connectivity index (χ2n) is 4.83. The Balaban J connectivity index is 2.31. The summed E-state index contributed by atoms with van der Waals surface area (Å²) < 4.78 is 0. The Morgan fingerprint density at radius 3 is 2.35 bits per heavy atom. The molecule has 1 aromatic carbocycles. The average Bonchev–Trinajstić information content (AvgIpc) is 2.92. The van der Waals surface area contributed by atoms with Gasteiger partial charge in [-0.25, -0.2) is 0 Å². The summed E-state index contributed by atoms with van der Waals surface area (Å²) in [6, 6.07) is 4.96. The highest BCUT2D eigenvalue weighted by Crippen LogP contribution is 2.40. The lowest BCUT2D eigenvalue weighted by atomic mass is 9.83. The van der Waals surface area contributed by atoms with E-state index in [2.05, 4.69) is 10.5 Å². The first-order valence-corrected chi connectivity index (χ1v) is 7.00. The third-order valence-corrected chi connectivity index (χ3v) is 4.32. The van der Waals surface area contributed by atoms with Gasteiger partial charge in [-0.05, 0) is 25.0 Å². The minimum absolute atomic E-state index is 0.0734. The number of amides is 1. The number of nitrogens with one attached hydrogen (secondary N) is 1. The van der Waals surface area contributed by atoms with Crippen LogP contribution in [-0.2, 0) is 4.79 Å². The van der Waals surface area contributed by atoms with Crippen molar-refractivity contribution < 1.29 is 10.0 Å². The molecule has 2 rings (SSSR count). The van der Waals surface area contributed by atoms with Crippen LogP contribution in [0.2, 0.25) is 10.0 Å². The molecule has 1 aliphatic carbocycles. The Bertz CT molecular complexity index is 534. The standard InChI is InChI=1S/C13H15Cl2N3O2/c14-8-4-3-5-9(15)10(8)17-12(19)13(11(16)18-20)6-1-2-7-13/h3-5,20H,1-2,6-7H2,(H2,16,18)(H,17,19). The zero-order chi connectivity index (χ0) is 14.8. The van der Waals surface area contributed by atoms with Crippen LogP contribution < -0.4 is 11.1 Å². The fraction of sp³-hybridized carbons (Fsp3) is 0.385. The van der Waals surface area contributed by atoms with E-state index in [4.69, 9.17) is 34.1 Å². The molecule has 7 heteroatoms. The summed E-state index contributed by atoms with van der Waals surface area (Å²) in [6.07, 6.45) is 2.77. The second-order valence-corrected chi connectivity index (χ2v) is 5.64. The van der Waals surface area contributed by atoms with Gasteiger partial charge in [-0.15, -0.1) is 0 Å². The Hall–Kier alpha value is -1.46. The van der Waals surface area contributed by atoms with E-state index in [1.54, 1.807) is 18.2 Å². The van der Waals surface area contributed by atoms with E-state index >= 15 is 0 Å². The maximum Gasteiger partial charge on any atom is 0.238 e. The van der Waals surface area contributed by atoms with E-state index in [1.165, 1.54) is 0 Å². The van der Waals surface area contributed by atoms with Crippen LogP contribution in [0.5, 0.6) is 0 Å². The maximum absolute atomic E-state index is 12.5. The van der Waals surface area contributed by atoms with Crippen LogP contribution >= 0.6 is 23.2 Å². The van der Waals surface area contributed by atoms with Crippen LogP contribution in [0.3, 0.4) is 0 Å². The van der Waals surface area contributed by atoms with Gasteiger partial charge in [0.2, 0.25) is 5.91 Å². The topological polar surface area (TPSA) is 87.7 Å². The lowest BCUT2D eigenvalue weighted by molar-refractivity contribution is -0.122. The van der Waals surface area contributed by atoms with Gasteiger partial charge in [0.1, 0.15) is 5.41 Å². The summed E-state index contributed by atoms with van der Waals surface area (Å²) in [7, 11) is 0. The number of benzene rings is 1. The van der Waals surface area contributed by atoms with Crippen molar-refractivity contribution in [1.29, 1.82) is 0 Å². The van der Waals surface area contributed by atoms with Gasteiger partial charge in [0, 0.05) is 0 Å². The number of hydrogen-bond acceptors (Lipinski definition) is 3. The number of carbonyl (C=O) groups is 1. The van der Waals surface area contributed by atoms with Crippen LogP contribution in [0.15, 0.2) is 23.4 Å². The molecule has 0 heterocycles. The lowest BCUT2D eigenvalue weighted by Gasteiger charge is -2.26. The van der Waals surface area contributed by atoms with Crippen LogP contribution in [-0.4, -0.2) is 17.0 Å². The van der Waals surface area contributed by atoms with Gasteiger partial charge in [0.25, 0.3) is 0 Å². The molecule has 4 N–H and O–H groups in total. The van der Waals surface area contributed by atoms with Gasteiger partial charge in [0.05, 0.1) is 15.7 Å². The first-order valence-electron chi connectivity index (χ1n) is 6.25. The lowest BCUT2D eigenvalue weighted by Crippen LogP contribution is -2.45. The number of anilines is 1. The van der Waals surface area contributed by atoms with E-state index in [0.717, 1.165) is 12.8 Å². The maximum atomic E-state index is 12.5. The Morgan fingerprint density at radius 1 is 1.30 bits per heavy atom. The Morgan fingerprint density at radius 2 is 1.85 bits per heavy atom. The SMILES string of the molecule is NC(=NO)C1(C(=O)Nc2c(Cl)cccc2Cl)CCCC1. The summed E-state index contributed by atoms with van der Waals surface area (Å²) in [5, 5.41) is 15.3. The van der Waals surface area contributed by atoms with Crippen molar-refractivity contribution in [2.24, 2.45) is 16.3 Å². The van der Waals surface area contributed by atoms with Gasteiger partial charge in [-0.3, -0.25) is 4.79 Å². The average molecular weight is 316 g/mol. The molecule has 1 aromatic rings. The molecule has 1 amide bonds. The molecule has 1 aliphatic rings. The van der Waals surface area contributed by atoms with E-state index in [1.807, 2.05) is 0 Å². The van der Waals surface area contributed by atoms with Crippen molar-refractivity contribution >= 4 is 40.6 Å². The molecule has 0 aliphatic heterocycles. The van der Waals surface area contributed by atoms with Crippen LogP contribution in [0, 0.1) is 5.41 Å². The molecular formula is C13H15Cl2N3O2. The van der Waals surface area contributed by atoms with E-state index < -0.39 is 5.41 Å². The minimum Gasteiger partial charge on any atom is -0.409 e. The molecule has 0 atom stereocenters. The van der Waals surface area contributed by atoms with Gasteiger partial charge in [-0.1, -0.05) is 47.3 Å². The molecule has 108 valence electrons. The van der Waals surface area contributed by atoms with Crippen molar-refractivity contribution in [3.8, 4) is 0 Å². The number of nitrogens with two attached hydrogens (primary N) is 1. The quantitative estimate of drug-likeness (QED) is 0.346. The predicted molar refractivity (Wildman–Crippen MR) is 79.4 cm³/mol. The highest BCUT2D eigenvalue weighted by atomic mass is 35.5. The molecule has 0 spiro atoms. The number of amidine groups is 1. The van der Waals surface area contributed by atoms with Crippen LogP contribution in [0.25, 0.3) is 0 Å². The number of halogens is 2. The zero-order valence-corrected chi connectivity index (χ0v) is 12.2. The number of nitrogens with zero attached hydrogens (tertiary/aromatic N) is 1. The molecule has 0 radical (unpaired) electrons. The third-order valence-electron chi connectivity index (χ3n) is 3.69. The summed E-state index contributed by atoms with van der Waals surface area (Å²) in [5.41, 5.74) is 5.07. The molecule has 20 heavy (non-hydrogen) atoms. The van der Waals surface area contributed by atoms with Gasteiger partial charge < -0.3 is 16.3 Å². The normalized spacial score (nSPS) is 18.0. The van der Waals surface area contributed by atoms with Gasteiger partial charge in [-0.2, -0.15) is 0 Å². The Labute approximate surface area is 126 Å². The Kier molecular flexibility index (Phi) is 4.40. The first kappa shape index (κ1) is 14.9. The fourth-order valence-corrected chi connectivity index (χ4v) is 3.02. The highest BCUT2D eigenvalue weighted by molar-refractivity contribution is 6.40. The van der Waals surface area contributed by atoms with Crippen molar-refractivity contribution in [1.82, 2.24) is 0 Å². The number of oxime groups is 1. The summed E-state index contributed by atoms with van der Waals surface area (Å²) in [4.78, 5) is 12.5. The van der Waals surface area contributed by atoms with E-state index in [9.17, 15) is 4.79 Å². The molecular weight excluding hydrogens is 301 g/mol. The van der Waals surface area contributed by atoms with Crippen molar-refractivity contribution in [3.63, 3.8) is 0 Å². The van der Waals surface area contributed by atoms with Crippen molar-refractivity contribution in [3.05, 3.63) is 28.2 Å². The first-order chi connectivity index (χ1) is 9.51. The highest BCUT2D eigenvalue weighted by Gasteiger charge is 2.45. The number of rotatable bonds is 3. The fourth-order valence-electron chi connectivity index (χ4n) is 2.52. The van der Waals surface area contributed by atoms with Gasteiger partial charge >= 0.3 is 0 Å². The van der Waals surface area contributed by atoms with Crippen LogP contribution in [0.4, 0.5) is 5.69 Å². The molecule has 1 fully saturated rings. The molecule has 0 saturated heterocycles. The second kappa shape index (κ2) is 5.89. The third kappa shape index (κ3) is 2.55.